The fourth-order valence-corrected chi connectivity index (χ4v) is 6.45. The standard InChI is InChI=1S/C33H40O4/c1-21(2)14-15-24-20-32(19-16-22(3)4)27(35)25-17-18-30(5,6)37-28(25)33(29(32)36,31(24,7)8)26(34)23-12-10-9-11-13-23/h9-14,16-18,24H,15,19-20H2,1-8H3/t24-,32+,33-/m0/s1. The van der Waals surface area contributed by atoms with Gasteiger partial charge < -0.3 is 4.74 Å². The number of carbonyl (C=O) groups is 3. The second kappa shape index (κ2) is 9.08. The third-order valence-corrected chi connectivity index (χ3v) is 8.68. The van der Waals surface area contributed by atoms with E-state index < -0.39 is 21.8 Å². The van der Waals surface area contributed by atoms with Crippen LogP contribution in [0.15, 0.2) is 77.1 Å². The molecule has 1 aliphatic heterocycles. The van der Waals surface area contributed by atoms with Gasteiger partial charge in [0.1, 0.15) is 11.4 Å². The van der Waals surface area contributed by atoms with E-state index >= 15 is 4.79 Å². The molecule has 2 bridgehead atoms. The first-order valence-corrected chi connectivity index (χ1v) is 13.3. The molecule has 3 aliphatic rings. The van der Waals surface area contributed by atoms with Crippen molar-refractivity contribution in [1.29, 1.82) is 0 Å². The maximum Gasteiger partial charge on any atom is 0.184 e. The topological polar surface area (TPSA) is 60.4 Å². The molecule has 3 atom stereocenters. The SMILES string of the molecule is CC(C)=CC[C@H]1C[C@]2(CC=C(C)C)C(=O)C3=C(OC(C)(C)C=C3)[C@@](C(=O)c3ccccc3)(C2=O)C1(C)C. The van der Waals surface area contributed by atoms with Crippen LogP contribution in [-0.4, -0.2) is 23.0 Å². The summed E-state index contributed by atoms with van der Waals surface area (Å²) in [4.78, 5) is 44.2. The van der Waals surface area contributed by atoms with E-state index in [9.17, 15) is 9.59 Å². The van der Waals surface area contributed by atoms with Crippen LogP contribution in [0.2, 0.25) is 0 Å². The van der Waals surface area contributed by atoms with Crippen molar-refractivity contribution < 1.29 is 19.1 Å². The summed E-state index contributed by atoms with van der Waals surface area (Å²) in [5.74, 6) is -0.652. The van der Waals surface area contributed by atoms with Crippen LogP contribution < -0.4 is 0 Å². The van der Waals surface area contributed by atoms with Crippen LogP contribution in [0.25, 0.3) is 0 Å². The van der Waals surface area contributed by atoms with Crippen LogP contribution in [0.1, 0.15) is 85.0 Å². The van der Waals surface area contributed by atoms with Crippen molar-refractivity contribution in [1.82, 2.24) is 0 Å². The van der Waals surface area contributed by atoms with E-state index in [2.05, 4.69) is 19.9 Å². The first-order valence-electron chi connectivity index (χ1n) is 13.3. The summed E-state index contributed by atoms with van der Waals surface area (Å²) < 4.78 is 6.53. The number of Topliss-reactive ketones (excluding diaryl/α,β-unsaturated/α-hetero) is 3. The molecule has 0 spiro atoms. The Hall–Kier alpha value is -3.01. The number of benzene rings is 1. The lowest BCUT2D eigenvalue weighted by Crippen LogP contribution is -2.69. The number of rotatable bonds is 6. The number of carbonyl (C=O) groups excluding carboxylic acids is 3. The van der Waals surface area contributed by atoms with Crippen LogP contribution in [0.3, 0.4) is 0 Å². The third kappa shape index (κ3) is 4.00. The molecule has 196 valence electrons. The fraction of sp³-hybridized carbons (Fsp3) is 0.485. The summed E-state index contributed by atoms with van der Waals surface area (Å²) in [6, 6.07) is 9.01. The summed E-state index contributed by atoms with van der Waals surface area (Å²) in [7, 11) is 0. The summed E-state index contributed by atoms with van der Waals surface area (Å²) in [6.07, 6.45) is 9.17. The molecule has 0 amide bonds. The predicted octanol–water partition coefficient (Wildman–Crippen LogP) is 7.37. The molecule has 1 saturated carbocycles. The lowest BCUT2D eigenvalue weighted by molar-refractivity contribution is -0.167. The van der Waals surface area contributed by atoms with E-state index in [4.69, 9.17) is 4.74 Å². The quantitative estimate of drug-likeness (QED) is 0.232. The monoisotopic (exact) mass is 500 g/mol. The molecule has 4 heteroatoms. The van der Waals surface area contributed by atoms with Crippen LogP contribution in [0.5, 0.6) is 0 Å². The second-order valence-electron chi connectivity index (χ2n) is 12.6. The zero-order valence-corrected chi connectivity index (χ0v) is 23.5. The number of fused-ring (bicyclic) bond motifs is 3. The smallest absolute Gasteiger partial charge is 0.184 e. The highest BCUT2D eigenvalue weighted by molar-refractivity contribution is 6.30. The van der Waals surface area contributed by atoms with Gasteiger partial charge in [-0.25, -0.2) is 0 Å². The van der Waals surface area contributed by atoms with Gasteiger partial charge in [-0.15, -0.1) is 0 Å². The summed E-state index contributed by atoms with van der Waals surface area (Å²) in [5.41, 5.74) is -1.45. The molecule has 4 rings (SSSR count). The number of hydrogen-bond acceptors (Lipinski definition) is 4. The van der Waals surface area contributed by atoms with Gasteiger partial charge in [-0.2, -0.15) is 0 Å². The van der Waals surface area contributed by atoms with E-state index in [-0.39, 0.29) is 35.4 Å². The van der Waals surface area contributed by atoms with Crippen LogP contribution in [0, 0.1) is 22.2 Å². The average molecular weight is 501 g/mol. The van der Waals surface area contributed by atoms with Crippen molar-refractivity contribution >= 4 is 17.3 Å². The van der Waals surface area contributed by atoms with Gasteiger partial charge >= 0.3 is 0 Å². The molecule has 0 N–H and O–H groups in total. The van der Waals surface area contributed by atoms with Gasteiger partial charge in [-0.3, -0.25) is 14.4 Å². The van der Waals surface area contributed by atoms with Gasteiger partial charge in [0, 0.05) is 5.56 Å². The van der Waals surface area contributed by atoms with Gasteiger partial charge in [0.15, 0.2) is 22.8 Å². The zero-order valence-electron chi connectivity index (χ0n) is 23.5. The summed E-state index contributed by atoms with van der Waals surface area (Å²) >= 11 is 0. The zero-order chi connectivity index (χ0) is 27.4. The Labute approximate surface area is 221 Å². The van der Waals surface area contributed by atoms with Gasteiger partial charge in [0.25, 0.3) is 0 Å². The molecule has 1 heterocycles. The van der Waals surface area contributed by atoms with Gasteiger partial charge in [-0.05, 0) is 84.3 Å². The Morgan fingerprint density at radius 1 is 0.973 bits per heavy atom. The Morgan fingerprint density at radius 2 is 1.59 bits per heavy atom. The normalized spacial score (nSPS) is 29.2. The minimum absolute atomic E-state index is 0.0889. The average Bonchev–Trinajstić information content (AvgIpc) is 2.82. The number of hydrogen-bond donors (Lipinski definition) is 0. The highest BCUT2D eigenvalue weighted by Gasteiger charge is 2.75. The second-order valence-corrected chi connectivity index (χ2v) is 12.6. The molecule has 1 aromatic rings. The van der Waals surface area contributed by atoms with E-state index in [0.29, 0.717) is 24.0 Å². The minimum atomic E-state index is -1.62. The highest BCUT2D eigenvalue weighted by atomic mass is 16.5. The molecule has 0 aromatic heterocycles. The van der Waals surface area contributed by atoms with E-state index in [0.717, 1.165) is 5.57 Å². The van der Waals surface area contributed by atoms with Crippen molar-refractivity contribution in [3.8, 4) is 0 Å². The fourth-order valence-electron chi connectivity index (χ4n) is 6.45. The Balaban J connectivity index is 2.12. The molecule has 0 saturated heterocycles. The molecule has 4 nitrogen and oxygen atoms in total. The molecule has 0 unspecified atom stereocenters. The van der Waals surface area contributed by atoms with E-state index in [1.165, 1.54) is 5.57 Å². The first kappa shape index (κ1) is 27.0. The predicted molar refractivity (Wildman–Crippen MR) is 147 cm³/mol. The largest absolute Gasteiger partial charge is 0.486 e. The molecule has 2 aliphatic carbocycles. The summed E-state index contributed by atoms with van der Waals surface area (Å²) in [5, 5.41) is 0. The molecule has 1 aromatic carbocycles. The highest BCUT2D eigenvalue weighted by Crippen LogP contribution is 2.67. The molecule has 0 radical (unpaired) electrons. The minimum Gasteiger partial charge on any atom is -0.486 e. The van der Waals surface area contributed by atoms with Crippen molar-refractivity contribution in [3.05, 3.63) is 82.7 Å². The lowest BCUT2D eigenvalue weighted by Gasteiger charge is -2.61. The number of ether oxygens (including phenoxy) is 1. The van der Waals surface area contributed by atoms with E-state index in [1.54, 1.807) is 18.2 Å². The maximum atomic E-state index is 15.0. The Morgan fingerprint density at radius 3 is 2.19 bits per heavy atom. The van der Waals surface area contributed by atoms with Crippen LogP contribution in [0.4, 0.5) is 0 Å². The van der Waals surface area contributed by atoms with Gasteiger partial charge in [0.05, 0.1) is 11.0 Å². The molecule has 1 fully saturated rings. The maximum absolute atomic E-state index is 15.0. The summed E-state index contributed by atoms with van der Waals surface area (Å²) in [6.45, 7) is 15.9. The van der Waals surface area contributed by atoms with Crippen molar-refractivity contribution in [2.24, 2.45) is 22.2 Å². The van der Waals surface area contributed by atoms with Crippen molar-refractivity contribution in [2.75, 3.05) is 0 Å². The Bertz CT molecular complexity index is 1260. The lowest BCUT2D eigenvalue weighted by atomic mass is 9.39. The van der Waals surface area contributed by atoms with Gasteiger partial charge in [-0.1, -0.05) is 67.5 Å². The first-order chi connectivity index (χ1) is 17.2. The number of allylic oxidation sites excluding steroid dienone is 7. The Kier molecular flexibility index (Phi) is 6.63. The third-order valence-electron chi connectivity index (χ3n) is 8.68. The number of ketones is 3. The van der Waals surface area contributed by atoms with E-state index in [1.807, 2.05) is 71.9 Å². The van der Waals surface area contributed by atoms with Crippen molar-refractivity contribution in [3.63, 3.8) is 0 Å². The van der Waals surface area contributed by atoms with Crippen molar-refractivity contribution in [2.45, 2.75) is 80.3 Å². The molecular weight excluding hydrogens is 460 g/mol. The van der Waals surface area contributed by atoms with Gasteiger partial charge in [0.2, 0.25) is 0 Å². The molecule has 37 heavy (non-hydrogen) atoms. The van der Waals surface area contributed by atoms with Crippen LogP contribution in [-0.2, 0) is 14.3 Å². The molecular formula is C33H40O4. The van der Waals surface area contributed by atoms with Crippen LogP contribution >= 0.6 is 0 Å².